The second kappa shape index (κ2) is 11.2. The fourth-order valence-corrected chi connectivity index (χ4v) is 2.40. The first-order chi connectivity index (χ1) is 11.0. The van der Waals surface area contributed by atoms with E-state index < -0.39 is 0 Å². The van der Waals surface area contributed by atoms with Crippen LogP contribution in [0.2, 0.25) is 0 Å². The molecule has 0 aromatic heterocycles. The van der Waals surface area contributed by atoms with Gasteiger partial charge in [-0.3, -0.25) is 4.79 Å². The summed E-state index contributed by atoms with van der Waals surface area (Å²) in [6.07, 6.45) is 1.06. The summed E-state index contributed by atoms with van der Waals surface area (Å²) in [5, 5.41) is 6.32. The van der Waals surface area contributed by atoms with E-state index in [1.54, 1.807) is 0 Å². The van der Waals surface area contributed by atoms with E-state index in [1.807, 2.05) is 32.0 Å². The first-order valence-electron chi connectivity index (χ1n) is 8.64. The molecule has 1 aromatic carbocycles. The molecule has 0 spiro atoms. The number of benzene rings is 1. The Labute approximate surface area is 141 Å². The van der Waals surface area contributed by atoms with Gasteiger partial charge in [-0.25, -0.2) is 0 Å². The Balaban J connectivity index is 2.27. The number of nitrogens with one attached hydrogen (secondary N) is 2. The predicted molar refractivity (Wildman–Crippen MR) is 95.4 cm³/mol. The summed E-state index contributed by atoms with van der Waals surface area (Å²) in [6.45, 7) is 11.2. The highest BCUT2D eigenvalue weighted by molar-refractivity contribution is 5.79. The first kappa shape index (κ1) is 19.7. The topological polar surface area (TPSA) is 50.4 Å². The van der Waals surface area contributed by atoms with Gasteiger partial charge in [0.25, 0.3) is 0 Å². The third-order valence-electron chi connectivity index (χ3n) is 3.77. The Bertz CT molecular complexity index is 432. The van der Waals surface area contributed by atoms with E-state index >= 15 is 0 Å². The lowest BCUT2D eigenvalue weighted by Crippen LogP contribution is -2.39. The normalized spacial score (nSPS) is 12.6. The van der Waals surface area contributed by atoms with Crippen LogP contribution in [-0.2, 0) is 16.0 Å². The first-order valence-corrected chi connectivity index (χ1v) is 8.64. The molecule has 1 unspecified atom stereocenters. The van der Waals surface area contributed by atoms with Crippen LogP contribution in [0.1, 0.15) is 33.3 Å². The number of amides is 1. The van der Waals surface area contributed by atoms with Crippen LogP contribution in [-0.4, -0.2) is 38.3 Å². The number of hydrogen-bond acceptors (Lipinski definition) is 3. The monoisotopic (exact) mass is 320 g/mol. The van der Waals surface area contributed by atoms with Gasteiger partial charge < -0.3 is 15.4 Å². The molecule has 0 aliphatic carbocycles. The van der Waals surface area contributed by atoms with Gasteiger partial charge in [0.15, 0.2) is 0 Å². The molecule has 4 heteroatoms. The zero-order valence-electron chi connectivity index (χ0n) is 15.0. The Morgan fingerprint density at radius 2 is 1.74 bits per heavy atom. The van der Waals surface area contributed by atoms with Crippen molar-refractivity contribution >= 4 is 5.91 Å². The Hall–Kier alpha value is -1.39. The fourth-order valence-electron chi connectivity index (χ4n) is 2.40. The van der Waals surface area contributed by atoms with Crippen LogP contribution in [0.5, 0.6) is 0 Å². The average Bonchev–Trinajstić information content (AvgIpc) is 2.52. The summed E-state index contributed by atoms with van der Waals surface area (Å²) in [6, 6.07) is 10.2. The van der Waals surface area contributed by atoms with Crippen molar-refractivity contribution in [3.63, 3.8) is 0 Å². The quantitative estimate of drug-likeness (QED) is 0.616. The molecule has 0 aliphatic heterocycles. The minimum atomic E-state index is 0.0154. The van der Waals surface area contributed by atoms with E-state index in [-0.39, 0.29) is 17.9 Å². The lowest BCUT2D eigenvalue weighted by molar-refractivity contribution is -0.126. The van der Waals surface area contributed by atoms with Crippen LogP contribution in [0, 0.1) is 11.8 Å². The van der Waals surface area contributed by atoms with Gasteiger partial charge in [-0.1, -0.05) is 44.2 Å². The SMILES string of the molecule is CC(C)OCCNCCNC(=O)C(Cc1ccccc1)C(C)C. The van der Waals surface area contributed by atoms with E-state index in [4.69, 9.17) is 4.74 Å². The van der Waals surface area contributed by atoms with Crippen molar-refractivity contribution in [2.24, 2.45) is 11.8 Å². The van der Waals surface area contributed by atoms with Crippen molar-refractivity contribution in [3.05, 3.63) is 35.9 Å². The molecule has 130 valence electrons. The fraction of sp³-hybridized carbons (Fsp3) is 0.632. The smallest absolute Gasteiger partial charge is 0.223 e. The zero-order valence-corrected chi connectivity index (χ0v) is 15.0. The molecule has 0 bridgehead atoms. The lowest BCUT2D eigenvalue weighted by atomic mass is 9.88. The van der Waals surface area contributed by atoms with E-state index in [2.05, 4.69) is 36.6 Å². The van der Waals surface area contributed by atoms with E-state index in [1.165, 1.54) is 5.56 Å². The third-order valence-corrected chi connectivity index (χ3v) is 3.77. The van der Waals surface area contributed by atoms with Crippen molar-refractivity contribution in [2.45, 2.75) is 40.2 Å². The van der Waals surface area contributed by atoms with Crippen LogP contribution in [0.3, 0.4) is 0 Å². The van der Waals surface area contributed by atoms with Gasteiger partial charge in [-0.2, -0.15) is 0 Å². The second-order valence-electron chi connectivity index (χ2n) is 6.50. The third kappa shape index (κ3) is 8.72. The van der Waals surface area contributed by atoms with Gasteiger partial charge in [0.05, 0.1) is 12.7 Å². The zero-order chi connectivity index (χ0) is 17.1. The van der Waals surface area contributed by atoms with E-state index in [9.17, 15) is 4.79 Å². The molecule has 1 atom stereocenters. The predicted octanol–water partition coefficient (Wildman–Crippen LogP) is 2.63. The van der Waals surface area contributed by atoms with Crippen LogP contribution in [0.15, 0.2) is 30.3 Å². The summed E-state index contributed by atoms with van der Waals surface area (Å²) in [5.74, 6) is 0.480. The van der Waals surface area contributed by atoms with Crippen molar-refractivity contribution < 1.29 is 9.53 Å². The Kier molecular flexibility index (Phi) is 9.57. The van der Waals surface area contributed by atoms with Crippen molar-refractivity contribution in [1.82, 2.24) is 10.6 Å². The lowest BCUT2D eigenvalue weighted by Gasteiger charge is -2.20. The van der Waals surface area contributed by atoms with Crippen molar-refractivity contribution in [1.29, 1.82) is 0 Å². The summed E-state index contributed by atoms with van der Waals surface area (Å²) < 4.78 is 5.46. The van der Waals surface area contributed by atoms with Crippen molar-refractivity contribution in [2.75, 3.05) is 26.2 Å². The van der Waals surface area contributed by atoms with Gasteiger partial charge in [-0.05, 0) is 31.7 Å². The maximum absolute atomic E-state index is 12.4. The van der Waals surface area contributed by atoms with E-state index in [0.29, 0.717) is 19.1 Å². The molecule has 0 saturated carbocycles. The molecule has 0 radical (unpaired) electrons. The molecule has 1 rings (SSSR count). The molecule has 4 nitrogen and oxygen atoms in total. The Morgan fingerprint density at radius 1 is 1.04 bits per heavy atom. The second-order valence-corrected chi connectivity index (χ2v) is 6.50. The average molecular weight is 320 g/mol. The van der Waals surface area contributed by atoms with Gasteiger partial charge in [0.2, 0.25) is 5.91 Å². The largest absolute Gasteiger partial charge is 0.377 e. The van der Waals surface area contributed by atoms with Gasteiger partial charge >= 0.3 is 0 Å². The summed E-state index contributed by atoms with van der Waals surface area (Å²) >= 11 is 0. The van der Waals surface area contributed by atoms with Gasteiger partial charge in [0.1, 0.15) is 0 Å². The molecule has 1 amide bonds. The molecule has 0 heterocycles. The van der Waals surface area contributed by atoms with Crippen LogP contribution in [0.25, 0.3) is 0 Å². The summed E-state index contributed by atoms with van der Waals surface area (Å²) in [5.41, 5.74) is 1.21. The van der Waals surface area contributed by atoms with Crippen LogP contribution in [0.4, 0.5) is 0 Å². The molecule has 0 saturated heterocycles. The maximum atomic E-state index is 12.4. The molecular weight excluding hydrogens is 288 g/mol. The number of ether oxygens (including phenoxy) is 1. The summed E-state index contributed by atoms with van der Waals surface area (Å²) in [4.78, 5) is 12.4. The number of carbonyl (C=O) groups is 1. The number of carbonyl (C=O) groups excluding carboxylic acids is 1. The maximum Gasteiger partial charge on any atom is 0.223 e. The van der Waals surface area contributed by atoms with Crippen molar-refractivity contribution in [3.8, 4) is 0 Å². The van der Waals surface area contributed by atoms with Crippen LogP contribution < -0.4 is 10.6 Å². The number of rotatable bonds is 11. The highest BCUT2D eigenvalue weighted by atomic mass is 16.5. The molecule has 1 aromatic rings. The molecule has 2 N–H and O–H groups in total. The minimum Gasteiger partial charge on any atom is -0.377 e. The molecular formula is C19H32N2O2. The van der Waals surface area contributed by atoms with E-state index in [0.717, 1.165) is 19.5 Å². The molecule has 0 aliphatic rings. The molecule has 23 heavy (non-hydrogen) atoms. The number of hydrogen-bond donors (Lipinski definition) is 2. The van der Waals surface area contributed by atoms with Gasteiger partial charge in [-0.15, -0.1) is 0 Å². The van der Waals surface area contributed by atoms with Gasteiger partial charge in [0, 0.05) is 25.6 Å². The Morgan fingerprint density at radius 3 is 2.35 bits per heavy atom. The molecule has 0 fully saturated rings. The highest BCUT2D eigenvalue weighted by Crippen LogP contribution is 2.17. The minimum absolute atomic E-state index is 0.0154. The summed E-state index contributed by atoms with van der Waals surface area (Å²) in [7, 11) is 0. The van der Waals surface area contributed by atoms with Crippen LogP contribution >= 0.6 is 0 Å². The highest BCUT2D eigenvalue weighted by Gasteiger charge is 2.21. The standard InChI is InChI=1S/C19H32N2O2/c1-15(2)18(14-17-8-6-5-7-9-17)19(22)21-11-10-20-12-13-23-16(3)4/h5-9,15-16,18,20H,10-14H2,1-4H3,(H,21,22).